The first-order chi connectivity index (χ1) is 23.6. The molecule has 0 saturated carbocycles. The van der Waals surface area contributed by atoms with Crippen LogP contribution in [-0.2, 0) is 4.79 Å². The van der Waals surface area contributed by atoms with Crippen LogP contribution in [0.15, 0.2) is 24.3 Å². The van der Waals surface area contributed by atoms with Gasteiger partial charge in [0, 0.05) is 6.42 Å². The summed E-state index contributed by atoms with van der Waals surface area (Å²) in [6, 6.07) is -0.827. The summed E-state index contributed by atoms with van der Waals surface area (Å²) in [7, 11) is 0. The highest BCUT2D eigenvalue weighted by atomic mass is 16.3. The molecule has 0 aromatic heterocycles. The minimum absolute atomic E-state index is 0.157. The topological polar surface area (TPSA) is 89.8 Å². The Bertz CT molecular complexity index is 709. The van der Waals surface area contributed by atoms with Gasteiger partial charge in [0.1, 0.15) is 6.10 Å². The monoisotopic (exact) mass is 678 g/mol. The first kappa shape index (κ1) is 46.8. The number of aliphatic hydroxyl groups is 3. The van der Waals surface area contributed by atoms with Gasteiger partial charge in [-0.25, -0.2) is 0 Å². The Labute approximate surface area is 299 Å². The number of carbonyl (C=O) groups excluding carboxylic acids is 1. The Kier molecular flexibility index (Phi) is 37.7. The summed E-state index contributed by atoms with van der Waals surface area (Å²) in [6.07, 6.45) is 45.8. The Morgan fingerprint density at radius 1 is 0.500 bits per heavy atom. The first-order valence-electron chi connectivity index (χ1n) is 21.1. The van der Waals surface area contributed by atoms with Gasteiger partial charge >= 0.3 is 0 Å². The van der Waals surface area contributed by atoms with Crippen LogP contribution in [-0.4, -0.2) is 46.1 Å². The van der Waals surface area contributed by atoms with Crippen molar-refractivity contribution < 1.29 is 20.1 Å². The largest absolute Gasteiger partial charge is 0.394 e. The van der Waals surface area contributed by atoms with Crippen LogP contribution in [0.2, 0.25) is 0 Å². The summed E-state index contributed by atoms with van der Waals surface area (Å²) >= 11 is 0. The molecule has 3 unspecified atom stereocenters. The first-order valence-corrected chi connectivity index (χ1v) is 21.1. The molecule has 0 spiro atoms. The lowest BCUT2D eigenvalue weighted by molar-refractivity contribution is -0.124. The number of unbranched alkanes of at least 4 members (excludes halogenated alkanes) is 26. The number of aliphatic hydroxyl groups excluding tert-OH is 3. The lowest BCUT2D eigenvalue weighted by Crippen LogP contribution is -2.50. The molecule has 0 aliphatic carbocycles. The number of hydrogen-bond acceptors (Lipinski definition) is 4. The molecule has 0 fully saturated rings. The zero-order chi connectivity index (χ0) is 35.2. The van der Waals surface area contributed by atoms with E-state index in [-0.39, 0.29) is 12.5 Å². The molecule has 0 heterocycles. The number of allylic oxidation sites excluding steroid dienone is 4. The van der Waals surface area contributed by atoms with E-state index in [9.17, 15) is 20.1 Å². The Morgan fingerprint density at radius 3 is 1.25 bits per heavy atom. The molecule has 0 aromatic carbocycles. The van der Waals surface area contributed by atoms with Crippen molar-refractivity contribution in [1.29, 1.82) is 0 Å². The molecule has 0 rings (SSSR count). The van der Waals surface area contributed by atoms with E-state index in [1.165, 1.54) is 141 Å². The molecule has 0 bridgehead atoms. The fourth-order valence-corrected chi connectivity index (χ4v) is 6.46. The number of nitrogens with one attached hydrogen (secondary N) is 1. The molecule has 1 amide bonds. The van der Waals surface area contributed by atoms with Gasteiger partial charge in [0.2, 0.25) is 5.91 Å². The van der Waals surface area contributed by atoms with E-state index >= 15 is 0 Å². The molecule has 5 heteroatoms. The van der Waals surface area contributed by atoms with Gasteiger partial charge in [-0.05, 0) is 44.9 Å². The SMILES string of the molecule is CCCC/C=C/CC/C=C/CCCC(O)C(O)C(CO)NC(=O)CCCCCCCCCCCCCCCCCCCCCCCCC. The minimum Gasteiger partial charge on any atom is -0.394 e. The molecule has 4 N–H and O–H groups in total. The standard InChI is InChI=1S/C43H83NO4/c1-3-5-7-9-11-13-15-16-17-18-19-20-21-22-23-24-25-26-28-30-32-34-36-38-42(47)44-40(39-45)43(48)41(46)37-35-33-31-29-27-14-12-10-8-6-4-2/h10,12,29,31,40-41,43,45-46,48H,3-9,11,13-28,30,32-39H2,1-2H3,(H,44,47)/b12-10+,31-29+. The molecular formula is C43H83NO4. The van der Waals surface area contributed by atoms with E-state index < -0.39 is 18.2 Å². The molecule has 3 atom stereocenters. The number of hydrogen-bond donors (Lipinski definition) is 4. The number of rotatable bonds is 38. The average molecular weight is 678 g/mol. The van der Waals surface area contributed by atoms with Gasteiger partial charge in [-0.3, -0.25) is 4.79 Å². The molecule has 0 aliphatic heterocycles. The summed E-state index contributed by atoms with van der Waals surface area (Å²) in [5, 5.41) is 33.3. The van der Waals surface area contributed by atoms with E-state index in [1.54, 1.807) is 0 Å². The van der Waals surface area contributed by atoms with Crippen LogP contribution in [0.4, 0.5) is 0 Å². The van der Waals surface area contributed by atoms with Crippen LogP contribution in [0.5, 0.6) is 0 Å². The van der Waals surface area contributed by atoms with Crippen molar-refractivity contribution in [3.8, 4) is 0 Å². The van der Waals surface area contributed by atoms with Crippen LogP contribution in [0.25, 0.3) is 0 Å². The van der Waals surface area contributed by atoms with Crippen molar-refractivity contribution in [3.63, 3.8) is 0 Å². The van der Waals surface area contributed by atoms with E-state index in [0.717, 1.165) is 51.4 Å². The molecule has 5 nitrogen and oxygen atoms in total. The fraction of sp³-hybridized carbons (Fsp3) is 0.884. The third-order valence-electron chi connectivity index (χ3n) is 9.79. The highest BCUT2D eigenvalue weighted by molar-refractivity contribution is 5.76. The number of carbonyl (C=O) groups is 1. The van der Waals surface area contributed by atoms with Crippen molar-refractivity contribution in [2.24, 2.45) is 0 Å². The second kappa shape index (κ2) is 38.6. The smallest absolute Gasteiger partial charge is 0.220 e. The quantitative estimate of drug-likeness (QED) is 0.0387. The lowest BCUT2D eigenvalue weighted by atomic mass is 10.0. The predicted molar refractivity (Wildman–Crippen MR) is 208 cm³/mol. The summed E-state index contributed by atoms with van der Waals surface area (Å²) in [5.41, 5.74) is 0. The average Bonchev–Trinajstić information content (AvgIpc) is 3.09. The van der Waals surface area contributed by atoms with Gasteiger partial charge in [0.25, 0.3) is 0 Å². The van der Waals surface area contributed by atoms with Crippen molar-refractivity contribution in [1.82, 2.24) is 5.32 Å². The second-order valence-electron chi connectivity index (χ2n) is 14.5. The summed E-state index contributed by atoms with van der Waals surface area (Å²) < 4.78 is 0. The predicted octanol–water partition coefficient (Wildman–Crippen LogP) is 11.8. The van der Waals surface area contributed by atoms with Gasteiger partial charge in [0.05, 0.1) is 18.8 Å². The molecule has 0 radical (unpaired) electrons. The van der Waals surface area contributed by atoms with Crippen LogP contribution in [0.3, 0.4) is 0 Å². The molecule has 0 aromatic rings. The Hall–Kier alpha value is -1.17. The van der Waals surface area contributed by atoms with Crippen LogP contribution < -0.4 is 5.32 Å². The Morgan fingerprint density at radius 2 is 0.854 bits per heavy atom. The van der Waals surface area contributed by atoms with Gasteiger partial charge in [0.15, 0.2) is 0 Å². The van der Waals surface area contributed by atoms with Gasteiger partial charge in [-0.2, -0.15) is 0 Å². The molecule has 284 valence electrons. The van der Waals surface area contributed by atoms with Crippen molar-refractivity contribution in [2.45, 2.75) is 238 Å². The van der Waals surface area contributed by atoms with E-state index in [0.29, 0.717) is 12.8 Å². The van der Waals surface area contributed by atoms with Gasteiger partial charge in [-0.15, -0.1) is 0 Å². The number of amides is 1. The maximum Gasteiger partial charge on any atom is 0.220 e. The maximum absolute atomic E-state index is 12.4. The lowest BCUT2D eigenvalue weighted by Gasteiger charge is -2.26. The van der Waals surface area contributed by atoms with Crippen molar-refractivity contribution in [2.75, 3.05) is 6.61 Å². The Balaban J connectivity index is 3.58. The zero-order valence-electron chi connectivity index (χ0n) is 32.1. The highest BCUT2D eigenvalue weighted by Gasteiger charge is 2.26. The maximum atomic E-state index is 12.4. The van der Waals surface area contributed by atoms with Crippen LogP contribution in [0.1, 0.15) is 219 Å². The van der Waals surface area contributed by atoms with Crippen LogP contribution in [0, 0.1) is 0 Å². The second-order valence-corrected chi connectivity index (χ2v) is 14.5. The van der Waals surface area contributed by atoms with Gasteiger partial charge in [-0.1, -0.05) is 192 Å². The minimum atomic E-state index is -1.16. The van der Waals surface area contributed by atoms with Crippen LogP contribution >= 0.6 is 0 Å². The summed E-state index contributed by atoms with van der Waals surface area (Å²) in [5.74, 6) is -0.157. The van der Waals surface area contributed by atoms with E-state index in [1.807, 2.05) is 0 Å². The summed E-state index contributed by atoms with van der Waals surface area (Å²) in [4.78, 5) is 12.4. The van der Waals surface area contributed by atoms with Gasteiger partial charge < -0.3 is 20.6 Å². The third kappa shape index (κ3) is 33.3. The van der Waals surface area contributed by atoms with Crippen molar-refractivity contribution in [3.05, 3.63) is 24.3 Å². The normalized spacial score (nSPS) is 13.9. The fourth-order valence-electron chi connectivity index (χ4n) is 6.46. The molecular weight excluding hydrogens is 594 g/mol. The molecule has 0 aliphatic rings. The molecule has 0 saturated heterocycles. The zero-order valence-corrected chi connectivity index (χ0v) is 32.1. The van der Waals surface area contributed by atoms with Crippen molar-refractivity contribution >= 4 is 5.91 Å². The van der Waals surface area contributed by atoms with E-state index in [4.69, 9.17) is 0 Å². The van der Waals surface area contributed by atoms with E-state index in [2.05, 4.69) is 43.5 Å². The molecule has 48 heavy (non-hydrogen) atoms. The summed E-state index contributed by atoms with van der Waals surface area (Å²) in [6.45, 7) is 4.11. The highest BCUT2D eigenvalue weighted by Crippen LogP contribution is 2.16. The third-order valence-corrected chi connectivity index (χ3v) is 9.79.